The Kier molecular flexibility index (Phi) is 4.47. The third-order valence-electron chi connectivity index (χ3n) is 2.06. The Morgan fingerprint density at radius 2 is 1.94 bits per heavy atom. The van der Waals surface area contributed by atoms with E-state index in [-0.39, 0.29) is 6.54 Å². The molecule has 17 heavy (non-hydrogen) atoms. The van der Waals surface area contributed by atoms with Gasteiger partial charge in [0.2, 0.25) is 0 Å². The molecule has 0 saturated carbocycles. The molecule has 0 saturated heterocycles. The Labute approximate surface area is 100 Å². The van der Waals surface area contributed by atoms with Gasteiger partial charge in [0.05, 0.1) is 7.11 Å². The topological polar surface area (TPSA) is 75.7 Å². The lowest BCUT2D eigenvalue weighted by Crippen LogP contribution is -2.41. The highest BCUT2D eigenvalue weighted by molar-refractivity contribution is 7.87. The number of hydrogen-bond acceptors (Lipinski definition) is 4. The van der Waals surface area contributed by atoms with Crippen molar-refractivity contribution in [2.75, 3.05) is 14.2 Å². The molecule has 0 aliphatic rings. The van der Waals surface area contributed by atoms with Gasteiger partial charge in [0.25, 0.3) is 0 Å². The zero-order valence-electron chi connectivity index (χ0n) is 9.58. The van der Waals surface area contributed by atoms with Crippen LogP contribution in [-0.4, -0.2) is 33.0 Å². The monoisotopic (exact) mass is 258 g/mol. The summed E-state index contributed by atoms with van der Waals surface area (Å²) in [6.07, 6.45) is -1.01. The Balaban J connectivity index is 2.70. The van der Waals surface area contributed by atoms with E-state index in [4.69, 9.17) is 0 Å². The van der Waals surface area contributed by atoms with Gasteiger partial charge in [0.15, 0.2) is 0 Å². The summed E-state index contributed by atoms with van der Waals surface area (Å²) in [5, 5.41) is 0. The first kappa shape index (κ1) is 13.5. The number of methoxy groups -OCH3 is 1. The van der Waals surface area contributed by atoms with Gasteiger partial charge in [-0.25, -0.2) is 9.52 Å². The lowest BCUT2D eigenvalue weighted by Gasteiger charge is -2.16. The normalized spacial score (nSPS) is 11.2. The number of amides is 1. The first-order valence-corrected chi connectivity index (χ1v) is 6.25. The number of ether oxygens (including phenoxy) is 1. The maximum atomic E-state index is 11.6. The first-order chi connectivity index (χ1) is 7.95. The fraction of sp³-hybridized carbons (Fsp3) is 0.300. The van der Waals surface area contributed by atoms with Crippen molar-refractivity contribution in [2.24, 2.45) is 0 Å². The van der Waals surface area contributed by atoms with Crippen LogP contribution < -0.4 is 4.72 Å². The molecule has 0 spiro atoms. The van der Waals surface area contributed by atoms with Gasteiger partial charge in [0.1, 0.15) is 0 Å². The fourth-order valence-corrected chi connectivity index (χ4v) is 1.92. The quantitative estimate of drug-likeness (QED) is 0.863. The minimum absolute atomic E-state index is 0.174. The van der Waals surface area contributed by atoms with Gasteiger partial charge in [-0.1, -0.05) is 30.3 Å². The maximum absolute atomic E-state index is 11.6. The molecule has 6 nitrogen and oxygen atoms in total. The van der Waals surface area contributed by atoms with Gasteiger partial charge < -0.3 is 4.74 Å². The second kappa shape index (κ2) is 5.65. The minimum atomic E-state index is -3.86. The van der Waals surface area contributed by atoms with Crippen molar-refractivity contribution >= 4 is 16.3 Å². The van der Waals surface area contributed by atoms with E-state index in [0.29, 0.717) is 0 Å². The molecular weight excluding hydrogens is 244 g/mol. The van der Waals surface area contributed by atoms with Crippen molar-refractivity contribution in [3.63, 3.8) is 0 Å². The summed E-state index contributed by atoms with van der Waals surface area (Å²) in [5.74, 6) is 0. The third kappa shape index (κ3) is 4.04. The van der Waals surface area contributed by atoms with E-state index in [1.54, 1.807) is 16.9 Å². The molecule has 0 atom stereocenters. The Morgan fingerprint density at radius 3 is 2.47 bits per heavy atom. The summed E-state index contributed by atoms with van der Waals surface area (Å²) in [6.45, 7) is 0.174. The van der Waals surface area contributed by atoms with Crippen molar-refractivity contribution in [2.45, 2.75) is 6.54 Å². The molecule has 1 aromatic carbocycles. The number of nitrogens with one attached hydrogen (secondary N) is 1. The van der Waals surface area contributed by atoms with Crippen LogP contribution in [0, 0.1) is 0 Å². The number of hydrogen-bond donors (Lipinski definition) is 1. The molecule has 0 heterocycles. The number of nitrogens with zero attached hydrogens (tertiary/aromatic N) is 1. The van der Waals surface area contributed by atoms with Gasteiger partial charge >= 0.3 is 16.3 Å². The number of carbonyl (C=O) groups is 1. The summed E-state index contributed by atoms with van der Waals surface area (Å²) < 4.78 is 30.3. The summed E-state index contributed by atoms with van der Waals surface area (Å²) in [4.78, 5) is 10.8. The van der Waals surface area contributed by atoms with Crippen molar-refractivity contribution in [1.82, 2.24) is 9.03 Å². The van der Waals surface area contributed by atoms with Crippen LogP contribution in [0.4, 0.5) is 4.79 Å². The maximum Gasteiger partial charge on any atom is 0.421 e. The fourth-order valence-electron chi connectivity index (χ4n) is 1.15. The SMILES string of the molecule is COC(=O)NS(=O)(=O)N(C)Cc1ccccc1. The second-order valence-electron chi connectivity index (χ2n) is 3.34. The standard InChI is InChI=1S/C10H14N2O4S/c1-12(8-9-6-4-3-5-7-9)17(14,15)11-10(13)16-2/h3-7H,8H2,1-2H3,(H,11,13). The Bertz CT molecular complexity index is 472. The van der Waals surface area contributed by atoms with Crippen LogP contribution in [0.25, 0.3) is 0 Å². The molecular formula is C10H14N2O4S. The van der Waals surface area contributed by atoms with E-state index in [1.165, 1.54) is 7.05 Å². The molecule has 0 unspecified atom stereocenters. The van der Waals surface area contributed by atoms with E-state index < -0.39 is 16.3 Å². The highest BCUT2D eigenvalue weighted by atomic mass is 32.2. The second-order valence-corrected chi connectivity index (χ2v) is 5.12. The smallest absolute Gasteiger partial charge is 0.421 e. The predicted molar refractivity (Wildman–Crippen MR) is 62.4 cm³/mol. The number of rotatable bonds is 4. The Hall–Kier alpha value is -1.60. The molecule has 1 aromatic rings. The van der Waals surface area contributed by atoms with E-state index in [0.717, 1.165) is 17.0 Å². The molecule has 0 aliphatic carbocycles. The van der Waals surface area contributed by atoms with E-state index in [2.05, 4.69) is 4.74 Å². The number of carbonyl (C=O) groups excluding carboxylic acids is 1. The van der Waals surface area contributed by atoms with Gasteiger partial charge in [-0.05, 0) is 5.56 Å². The van der Waals surface area contributed by atoms with Gasteiger partial charge in [-0.2, -0.15) is 12.7 Å². The van der Waals surface area contributed by atoms with E-state index >= 15 is 0 Å². The van der Waals surface area contributed by atoms with Crippen molar-refractivity contribution < 1.29 is 17.9 Å². The van der Waals surface area contributed by atoms with Crippen molar-refractivity contribution in [1.29, 1.82) is 0 Å². The van der Waals surface area contributed by atoms with Crippen LogP contribution in [0.15, 0.2) is 30.3 Å². The van der Waals surface area contributed by atoms with Crippen LogP contribution >= 0.6 is 0 Å². The zero-order valence-corrected chi connectivity index (χ0v) is 10.4. The van der Waals surface area contributed by atoms with Gasteiger partial charge in [-0.15, -0.1) is 0 Å². The van der Waals surface area contributed by atoms with E-state index in [1.807, 2.05) is 18.2 Å². The predicted octanol–water partition coefficient (Wildman–Crippen LogP) is 0.719. The zero-order chi connectivity index (χ0) is 12.9. The average Bonchev–Trinajstić information content (AvgIpc) is 2.29. The molecule has 7 heteroatoms. The van der Waals surface area contributed by atoms with Gasteiger partial charge in [-0.3, -0.25) is 0 Å². The van der Waals surface area contributed by atoms with Crippen molar-refractivity contribution in [3.05, 3.63) is 35.9 Å². The van der Waals surface area contributed by atoms with Crippen LogP contribution in [0.3, 0.4) is 0 Å². The lowest BCUT2D eigenvalue weighted by molar-refractivity contribution is 0.177. The summed E-state index contributed by atoms with van der Waals surface area (Å²) in [5.41, 5.74) is 0.824. The highest BCUT2D eigenvalue weighted by Crippen LogP contribution is 2.05. The van der Waals surface area contributed by atoms with E-state index in [9.17, 15) is 13.2 Å². The van der Waals surface area contributed by atoms with Crippen LogP contribution in [0.2, 0.25) is 0 Å². The third-order valence-corrected chi connectivity index (χ3v) is 3.43. The summed E-state index contributed by atoms with van der Waals surface area (Å²) in [7, 11) is -1.39. The van der Waals surface area contributed by atoms with Crippen LogP contribution in [0.5, 0.6) is 0 Å². The first-order valence-electron chi connectivity index (χ1n) is 4.81. The average molecular weight is 258 g/mol. The minimum Gasteiger partial charge on any atom is -0.452 e. The highest BCUT2D eigenvalue weighted by Gasteiger charge is 2.20. The largest absolute Gasteiger partial charge is 0.452 e. The molecule has 0 aromatic heterocycles. The van der Waals surface area contributed by atoms with Gasteiger partial charge in [0, 0.05) is 13.6 Å². The molecule has 94 valence electrons. The lowest BCUT2D eigenvalue weighted by atomic mass is 10.2. The summed E-state index contributed by atoms with van der Waals surface area (Å²) in [6, 6.07) is 9.05. The van der Waals surface area contributed by atoms with Crippen molar-refractivity contribution in [3.8, 4) is 0 Å². The summed E-state index contributed by atoms with van der Waals surface area (Å²) >= 11 is 0. The molecule has 0 bridgehead atoms. The molecule has 1 rings (SSSR count). The molecule has 0 aliphatic heterocycles. The Morgan fingerprint density at radius 1 is 1.35 bits per heavy atom. The molecule has 1 amide bonds. The van der Waals surface area contributed by atoms with Crippen LogP contribution in [-0.2, 0) is 21.5 Å². The number of benzene rings is 1. The molecule has 1 N–H and O–H groups in total. The molecule has 0 radical (unpaired) electrons. The molecule has 0 fully saturated rings. The van der Waals surface area contributed by atoms with Crippen LogP contribution in [0.1, 0.15) is 5.56 Å².